The highest BCUT2D eigenvalue weighted by Crippen LogP contribution is 2.32. The van der Waals surface area contributed by atoms with E-state index in [4.69, 9.17) is 46.4 Å². The number of nitrogens with zero attached hydrogens (tertiary/aromatic N) is 2. The van der Waals surface area contributed by atoms with Gasteiger partial charge < -0.3 is 31.5 Å². The predicted molar refractivity (Wildman–Crippen MR) is 168 cm³/mol. The normalized spacial score (nSPS) is 10.1. The van der Waals surface area contributed by atoms with E-state index in [1.54, 1.807) is 24.3 Å². The van der Waals surface area contributed by atoms with E-state index < -0.39 is 33.4 Å². The summed E-state index contributed by atoms with van der Waals surface area (Å²) in [5.74, 6) is -0.854. The van der Waals surface area contributed by atoms with Gasteiger partial charge in [-0.1, -0.05) is 52.5 Å². The minimum Gasteiger partial charge on any atom is -0.506 e. The number of urea groups is 2. The van der Waals surface area contributed by atoms with Crippen LogP contribution in [0.5, 0.6) is 11.5 Å². The fourth-order valence-corrected chi connectivity index (χ4v) is 4.03. The zero-order valence-electron chi connectivity index (χ0n) is 21.7. The molecule has 4 amide bonds. The van der Waals surface area contributed by atoms with Crippen LogP contribution in [-0.2, 0) is 0 Å². The van der Waals surface area contributed by atoms with Crippen molar-refractivity contribution in [2.75, 3.05) is 21.3 Å². The number of benzene rings is 4. The molecule has 0 radical (unpaired) electrons. The highest BCUT2D eigenvalue weighted by Gasteiger charge is 2.15. The minimum atomic E-state index is -0.687. The number of carbonyl (C=O) groups excluding carboxylic acids is 2. The summed E-state index contributed by atoms with van der Waals surface area (Å²) in [6.07, 6.45) is 0. The van der Waals surface area contributed by atoms with Crippen LogP contribution in [0.2, 0.25) is 20.1 Å². The van der Waals surface area contributed by atoms with Gasteiger partial charge >= 0.3 is 12.1 Å². The number of hydrogen-bond acceptors (Lipinski definition) is 8. The molecule has 0 aliphatic rings. The van der Waals surface area contributed by atoms with Gasteiger partial charge in [-0.05, 0) is 42.5 Å². The van der Waals surface area contributed by atoms with Crippen LogP contribution >= 0.6 is 46.4 Å². The summed E-state index contributed by atoms with van der Waals surface area (Å²) < 4.78 is 0. The molecular weight excluding hydrogens is 666 g/mol. The largest absolute Gasteiger partial charge is 0.506 e. The number of phenolic OH excluding ortho intramolecular Hbond substituents is 2. The molecule has 0 saturated carbocycles. The van der Waals surface area contributed by atoms with Gasteiger partial charge in [-0.25, -0.2) is 9.59 Å². The summed E-state index contributed by atoms with van der Waals surface area (Å²) in [5, 5.41) is 51.2. The second-order valence-electron chi connectivity index (χ2n) is 8.30. The number of nitrogens with one attached hydrogen (secondary N) is 4. The van der Waals surface area contributed by atoms with E-state index in [0.717, 1.165) is 24.3 Å². The predicted octanol–water partition coefficient (Wildman–Crippen LogP) is 8.50. The van der Waals surface area contributed by atoms with Crippen LogP contribution in [0.3, 0.4) is 0 Å². The highest BCUT2D eigenvalue weighted by molar-refractivity contribution is 6.44. The number of hydrogen-bond donors (Lipinski definition) is 6. The van der Waals surface area contributed by atoms with Gasteiger partial charge in [0.1, 0.15) is 11.5 Å². The SMILES string of the molecule is O=C(Nc1ccc([N+](=O)[O-])cc1O)Nc1ccc(Cl)cc1Cl.O=C(Nc1ccc([N+](=O)[O-])cc1O)Nc1cccc(Cl)c1Cl. The fourth-order valence-electron chi connectivity index (χ4n) is 3.22. The maximum absolute atomic E-state index is 11.8. The lowest BCUT2D eigenvalue weighted by molar-refractivity contribution is -0.385. The molecule has 0 spiro atoms. The molecule has 0 bridgehead atoms. The second kappa shape index (κ2) is 14.9. The lowest BCUT2D eigenvalue weighted by Gasteiger charge is -2.10. The average Bonchev–Trinajstić information content (AvgIpc) is 2.95. The first-order valence-electron chi connectivity index (χ1n) is 11.7. The molecule has 0 saturated heterocycles. The topological polar surface area (TPSA) is 209 Å². The molecule has 44 heavy (non-hydrogen) atoms. The maximum Gasteiger partial charge on any atom is 0.323 e. The van der Waals surface area contributed by atoms with Crippen molar-refractivity contribution in [1.82, 2.24) is 0 Å². The highest BCUT2D eigenvalue weighted by atomic mass is 35.5. The van der Waals surface area contributed by atoms with Crippen LogP contribution in [-0.4, -0.2) is 32.1 Å². The van der Waals surface area contributed by atoms with E-state index in [1.165, 1.54) is 24.3 Å². The number of nitro benzene ring substituents is 2. The van der Waals surface area contributed by atoms with Crippen LogP contribution in [0, 0.1) is 20.2 Å². The molecule has 0 unspecified atom stereocenters. The Morgan fingerprint density at radius 3 is 1.50 bits per heavy atom. The average molecular weight is 684 g/mol. The maximum atomic E-state index is 11.8. The molecule has 4 aromatic carbocycles. The first kappa shape index (κ1) is 33.5. The van der Waals surface area contributed by atoms with Crippen molar-refractivity contribution in [2.45, 2.75) is 0 Å². The Kier molecular flexibility index (Phi) is 11.4. The van der Waals surface area contributed by atoms with E-state index >= 15 is 0 Å². The third-order valence-corrected chi connectivity index (χ3v) is 6.63. The standard InChI is InChI=1S/2C13H9Cl2N3O4/c14-7-1-3-10(9(15)5-7)16-13(20)17-11-4-2-8(18(21)22)6-12(11)19;14-8-2-1-3-10(12(8)15)17-13(20)16-9-5-4-7(18(21)22)6-11(9)19/h2*1-6,19H,(H2,16,17,20). The molecule has 6 N–H and O–H groups in total. The molecule has 0 atom stereocenters. The minimum absolute atomic E-state index is 0.0150. The summed E-state index contributed by atoms with van der Waals surface area (Å²) in [4.78, 5) is 43.5. The van der Waals surface area contributed by atoms with E-state index in [-0.39, 0.29) is 43.5 Å². The van der Waals surface area contributed by atoms with Crippen LogP contribution in [0.4, 0.5) is 43.7 Å². The zero-order chi connectivity index (χ0) is 32.6. The summed E-state index contributed by atoms with van der Waals surface area (Å²) in [5.41, 5.74) is 0.0676. The zero-order valence-corrected chi connectivity index (χ0v) is 24.7. The number of phenols is 2. The van der Waals surface area contributed by atoms with Gasteiger partial charge in [0.2, 0.25) is 0 Å². The third kappa shape index (κ3) is 9.24. The van der Waals surface area contributed by atoms with E-state index in [0.29, 0.717) is 10.7 Å². The van der Waals surface area contributed by atoms with Crippen molar-refractivity contribution in [1.29, 1.82) is 0 Å². The van der Waals surface area contributed by atoms with Crippen molar-refractivity contribution >= 4 is 92.6 Å². The Bertz CT molecular complexity index is 1760. The Labute approximate surface area is 267 Å². The molecule has 0 fully saturated rings. The monoisotopic (exact) mass is 682 g/mol. The van der Waals surface area contributed by atoms with Crippen molar-refractivity contribution in [3.8, 4) is 11.5 Å². The Morgan fingerprint density at radius 2 is 1.05 bits per heavy atom. The smallest absolute Gasteiger partial charge is 0.323 e. The van der Waals surface area contributed by atoms with Crippen LogP contribution < -0.4 is 21.3 Å². The fraction of sp³-hybridized carbons (Fsp3) is 0. The first-order valence-corrected chi connectivity index (χ1v) is 13.3. The van der Waals surface area contributed by atoms with Gasteiger partial charge in [0.25, 0.3) is 11.4 Å². The number of halogens is 4. The molecule has 0 aliphatic heterocycles. The first-order chi connectivity index (χ1) is 20.7. The number of amides is 4. The van der Waals surface area contributed by atoms with Crippen LogP contribution in [0.15, 0.2) is 72.8 Å². The molecule has 228 valence electrons. The lowest BCUT2D eigenvalue weighted by atomic mass is 10.2. The van der Waals surface area contributed by atoms with Gasteiger partial charge in [0.15, 0.2) is 0 Å². The summed E-state index contributed by atoms with van der Waals surface area (Å²) in [6, 6.07) is 14.5. The van der Waals surface area contributed by atoms with Crippen molar-refractivity contribution in [3.63, 3.8) is 0 Å². The molecule has 4 rings (SSSR count). The van der Waals surface area contributed by atoms with Crippen molar-refractivity contribution in [2.24, 2.45) is 0 Å². The van der Waals surface area contributed by atoms with Crippen molar-refractivity contribution in [3.05, 3.63) is 113 Å². The molecular formula is C26H18Cl4N6O8. The third-order valence-electron chi connectivity index (χ3n) is 5.26. The van der Waals surface area contributed by atoms with Crippen LogP contribution in [0.1, 0.15) is 0 Å². The van der Waals surface area contributed by atoms with Gasteiger partial charge in [-0.3, -0.25) is 20.2 Å². The molecule has 4 aromatic rings. The Morgan fingerprint density at radius 1 is 0.591 bits per heavy atom. The van der Waals surface area contributed by atoms with Gasteiger partial charge in [0, 0.05) is 17.2 Å². The van der Waals surface area contributed by atoms with Gasteiger partial charge in [0.05, 0.1) is 59.8 Å². The molecule has 0 aliphatic carbocycles. The van der Waals surface area contributed by atoms with E-state index in [1.807, 2.05) is 0 Å². The molecule has 0 heterocycles. The number of rotatable bonds is 6. The van der Waals surface area contributed by atoms with E-state index in [9.17, 15) is 40.0 Å². The molecule has 18 heteroatoms. The number of aromatic hydroxyl groups is 2. The molecule has 14 nitrogen and oxygen atoms in total. The summed E-state index contributed by atoms with van der Waals surface area (Å²) >= 11 is 23.4. The number of carbonyl (C=O) groups is 2. The molecule has 0 aromatic heterocycles. The number of non-ortho nitro benzene ring substituents is 2. The van der Waals surface area contributed by atoms with Gasteiger partial charge in [-0.2, -0.15) is 0 Å². The lowest BCUT2D eigenvalue weighted by Crippen LogP contribution is -2.19. The van der Waals surface area contributed by atoms with Gasteiger partial charge in [-0.15, -0.1) is 0 Å². The number of anilines is 4. The Hall–Kier alpha value is -5.02. The quantitative estimate of drug-likeness (QED) is 0.0657. The van der Waals surface area contributed by atoms with E-state index in [2.05, 4.69) is 21.3 Å². The summed E-state index contributed by atoms with van der Waals surface area (Å²) in [6.45, 7) is 0. The summed E-state index contributed by atoms with van der Waals surface area (Å²) in [7, 11) is 0. The van der Waals surface area contributed by atoms with Crippen LogP contribution in [0.25, 0.3) is 0 Å². The Balaban J connectivity index is 0.000000240. The number of nitro groups is 2. The van der Waals surface area contributed by atoms with Crippen molar-refractivity contribution < 1.29 is 29.6 Å². The second-order valence-corrected chi connectivity index (χ2v) is 9.93.